The van der Waals surface area contributed by atoms with Crippen LogP contribution in [-0.4, -0.2) is 16.0 Å². The van der Waals surface area contributed by atoms with Crippen molar-refractivity contribution in [3.05, 3.63) is 28.1 Å². The van der Waals surface area contributed by atoms with Gasteiger partial charge in [0.2, 0.25) is 5.28 Å². The van der Waals surface area contributed by atoms with Crippen LogP contribution in [0.25, 0.3) is 0 Å². The SMILES string of the molecule is Clc1ncc(Br)c(NC2CC=CCC2)n1. The number of aromatic nitrogens is 2. The van der Waals surface area contributed by atoms with Crippen LogP contribution in [0.2, 0.25) is 5.28 Å². The third kappa shape index (κ3) is 2.92. The zero-order valence-electron chi connectivity index (χ0n) is 8.08. The van der Waals surface area contributed by atoms with E-state index < -0.39 is 0 Å². The Morgan fingerprint density at radius 3 is 3.07 bits per heavy atom. The maximum absolute atomic E-state index is 5.74. The molecule has 0 aromatic carbocycles. The van der Waals surface area contributed by atoms with E-state index in [2.05, 4.69) is 43.4 Å². The molecular formula is C10H11BrClN3. The van der Waals surface area contributed by atoms with Gasteiger partial charge in [-0.15, -0.1) is 0 Å². The maximum Gasteiger partial charge on any atom is 0.224 e. The molecule has 2 rings (SSSR count). The maximum atomic E-state index is 5.74. The lowest BCUT2D eigenvalue weighted by Crippen LogP contribution is -2.21. The van der Waals surface area contributed by atoms with Gasteiger partial charge in [-0.05, 0) is 46.8 Å². The van der Waals surface area contributed by atoms with Gasteiger partial charge >= 0.3 is 0 Å². The number of hydrogen-bond acceptors (Lipinski definition) is 3. The smallest absolute Gasteiger partial charge is 0.224 e. The Morgan fingerprint density at radius 2 is 2.33 bits per heavy atom. The molecule has 1 aliphatic carbocycles. The summed E-state index contributed by atoms with van der Waals surface area (Å²) in [6.07, 6.45) is 9.35. The summed E-state index contributed by atoms with van der Waals surface area (Å²) >= 11 is 9.13. The Kier molecular flexibility index (Phi) is 3.59. The van der Waals surface area contributed by atoms with Crippen molar-refractivity contribution in [2.24, 2.45) is 0 Å². The van der Waals surface area contributed by atoms with Gasteiger partial charge in [0.25, 0.3) is 0 Å². The lowest BCUT2D eigenvalue weighted by molar-refractivity contribution is 0.641. The number of allylic oxidation sites excluding steroid dienone is 1. The van der Waals surface area contributed by atoms with Crippen molar-refractivity contribution < 1.29 is 0 Å². The molecule has 0 spiro atoms. The van der Waals surface area contributed by atoms with Gasteiger partial charge in [0.05, 0.1) is 4.47 Å². The topological polar surface area (TPSA) is 37.8 Å². The minimum atomic E-state index is 0.270. The van der Waals surface area contributed by atoms with Crippen LogP contribution in [0.3, 0.4) is 0 Å². The number of halogens is 2. The first kappa shape index (κ1) is 10.9. The largest absolute Gasteiger partial charge is 0.366 e. The van der Waals surface area contributed by atoms with Crippen molar-refractivity contribution in [3.63, 3.8) is 0 Å². The average molecular weight is 289 g/mol. The molecule has 3 nitrogen and oxygen atoms in total. The fourth-order valence-corrected chi connectivity index (χ4v) is 2.00. The zero-order chi connectivity index (χ0) is 10.7. The first-order valence-electron chi connectivity index (χ1n) is 4.85. The molecule has 80 valence electrons. The fourth-order valence-electron chi connectivity index (χ4n) is 1.56. The van der Waals surface area contributed by atoms with Gasteiger partial charge in [0.15, 0.2) is 0 Å². The highest BCUT2D eigenvalue weighted by Crippen LogP contribution is 2.23. The third-order valence-corrected chi connectivity index (χ3v) is 3.09. The second kappa shape index (κ2) is 4.94. The van der Waals surface area contributed by atoms with Crippen molar-refractivity contribution in [1.82, 2.24) is 9.97 Å². The summed E-state index contributed by atoms with van der Waals surface area (Å²) in [6, 6.07) is 0.442. The van der Waals surface area contributed by atoms with Gasteiger partial charge in [-0.3, -0.25) is 0 Å². The minimum absolute atomic E-state index is 0.270. The van der Waals surface area contributed by atoms with Crippen LogP contribution in [0.1, 0.15) is 19.3 Å². The molecular weight excluding hydrogens is 277 g/mol. The molecule has 15 heavy (non-hydrogen) atoms. The Morgan fingerprint density at radius 1 is 1.47 bits per heavy atom. The summed E-state index contributed by atoms with van der Waals surface area (Å²) in [5.41, 5.74) is 0. The van der Waals surface area contributed by atoms with E-state index in [1.807, 2.05) is 0 Å². The Bertz CT molecular complexity index is 381. The summed E-state index contributed by atoms with van der Waals surface area (Å²) in [6.45, 7) is 0. The van der Waals surface area contributed by atoms with Crippen molar-refractivity contribution in [1.29, 1.82) is 0 Å². The van der Waals surface area contributed by atoms with Gasteiger partial charge < -0.3 is 5.32 Å². The van der Waals surface area contributed by atoms with Crippen molar-refractivity contribution in [3.8, 4) is 0 Å². The predicted octanol–water partition coefficient (Wildman–Crippen LogP) is 3.41. The molecule has 0 amide bonds. The summed E-state index contributed by atoms with van der Waals surface area (Å²) in [7, 11) is 0. The predicted molar refractivity (Wildman–Crippen MR) is 65.1 cm³/mol. The van der Waals surface area contributed by atoms with E-state index in [4.69, 9.17) is 11.6 Å². The van der Waals surface area contributed by atoms with Crippen molar-refractivity contribution >= 4 is 33.3 Å². The molecule has 5 heteroatoms. The van der Waals surface area contributed by atoms with E-state index in [0.29, 0.717) is 6.04 Å². The molecule has 1 heterocycles. The molecule has 1 aliphatic rings. The molecule has 0 fully saturated rings. The number of anilines is 1. The normalized spacial score (nSPS) is 20.3. The molecule has 0 bridgehead atoms. The lowest BCUT2D eigenvalue weighted by Gasteiger charge is -2.20. The second-order valence-electron chi connectivity index (χ2n) is 3.46. The Labute approximate surface area is 102 Å². The van der Waals surface area contributed by atoms with E-state index in [9.17, 15) is 0 Å². The summed E-state index contributed by atoms with van der Waals surface area (Å²) in [5, 5.41) is 3.63. The van der Waals surface area contributed by atoms with Crippen LogP contribution in [0.15, 0.2) is 22.8 Å². The Hall–Kier alpha value is -0.610. The van der Waals surface area contributed by atoms with Gasteiger partial charge in [0, 0.05) is 12.2 Å². The van der Waals surface area contributed by atoms with E-state index in [1.165, 1.54) is 0 Å². The standard InChI is InChI=1S/C10H11BrClN3/c11-8-6-13-10(12)15-9(8)14-7-4-2-1-3-5-7/h1-2,6-7H,3-5H2,(H,13,14,15). The van der Waals surface area contributed by atoms with E-state index in [1.54, 1.807) is 6.20 Å². The van der Waals surface area contributed by atoms with Crippen molar-refractivity contribution in [2.75, 3.05) is 5.32 Å². The minimum Gasteiger partial charge on any atom is -0.366 e. The van der Waals surface area contributed by atoms with Crippen LogP contribution in [0.5, 0.6) is 0 Å². The average Bonchev–Trinajstić information content (AvgIpc) is 2.25. The monoisotopic (exact) mass is 287 g/mol. The fraction of sp³-hybridized carbons (Fsp3) is 0.400. The summed E-state index contributed by atoms with van der Waals surface area (Å²) < 4.78 is 0.849. The molecule has 0 saturated heterocycles. The number of rotatable bonds is 2. The highest BCUT2D eigenvalue weighted by molar-refractivity contribution is 9.10. The van der Waals surface area contributed by atoms with E-state index in [-0.39, 0.29) is 5.28 Å². The highest BCUT2D eigenvalue weighted by Gasteiger charge is 2.12. The molecule has 1 unspecified atom stereocenters. The molecule has 1 aromatic heterocycles. The van der Waals surface area contributed by atoms with Gasteiger partial charge in [-0.1, -0.05) is 12.2 Å². The number of hydrogen-bond donors (Lipinski definition) is 1. The van der Waals surface area contributed by atoms with Crippen LogP contribution in [0, 0.1) is 0 Å². The highest BCUT2D eigenvalue weighted by atomic mass is 79.9. The van der Waals surface area contributed by atoms with Crippen LogP contribution < -0.4 is 5.32 Å². The lowest BCUT2D eigenvalue weighted by atomic mass is 10.0. The third-order valence-electron chi connectivity index (χ3n) is 2.32. The van der Waals surface area contributed by atoms with Crippen LogP contribution >= 0.6 is 27.5 Å². The molecule has 0 aliphatic heterocycles. The zero-order valence-corrected chi connectivity index (χ0v) is 10.4. The van der Waals surface area contributed by atoms with Gasteiger partial charge in [-0.2, -0.15) is 4.98 Å². The van der Waals surface area contributed by atoms with Crippen LogP contribution in [-0.2, 0) is 0 Å². The van der Waals surface area contributed by atoms with Crippen LogP contribution in [0.4, 0.5) is 5.82 Å². The first-order chi connectivity index (χ1) is 7.25. The van der Waals surface area contributed by atoms with E-state index >= 15 is 0 Å². The quantitative estimate of drug-likeness (QED) is 0.669. The van der Waals surface area contributed by atoms with Gasteiger partial charge in [-0.25, -0.2) is 4.98 Å². The number of nitrogens with zero attached hydrogens (tertiary/aromatic N) is 2. The second-order valence-corrected chi connectivity index (χ2v) is 4.65. The molecule has 1 atom stereocenters. The van der Waals surface area contributed by atoms with Crippen molar-refractivity contribution in [2.45, 2.75) is 25.3 Å². The molecule has 1 N–H and O–H groups in total. The molecule has 0 saturated carbocycles. The Balaban J connectivity index is 2.09. The molecule has 1 aromatic rings. The number of nitrogens with one attached hydrogen (secondary N) is 1. The first-order valence-corrected chi connectivity index (χ1v) is 6.02. The van der Waals surface area contributed by atoms with Gasteiger partial charge in [0.1, 0.15) is 5.82 Å². The van der Waals surface area contributed by atoms with E-state index in [0.717, 1.165) is 29.6 Å². The summed E-state index contributed by atoms with van der Waals surface area (Å²) in [4.78, 5) is 8.02. The molecule has 0 radical (unpaired) electrons. The summed E-state index contributed by atoms with van der Waals surface area (Å²) in [5.74, 6) is 0.773.